The second-order valence-electron chi connectivity index (χ2n) is 5.00. The topological polar surface area (TPSA) is 93.1 Å². The number of rotatable bonds is 5. The van der Waals surface area contributed by atoms with E-state index in [-0.39, 0.29) is 17.4 Å². The van der Waals surface area contributed by atoms with Gasteiger partial charge < -0.3 is 5.32 Å². The number of imide groups is 1. The van der Waals surface area contributed by atoms with Crippen molar-refractivity contribution in [3.05, 3.63) is 40.7 Å². The van der Waals surface area contributed by atoms with E-state index in [4.69, 9.17) is 0 Å². The van der Waals surface area contributed by atoms with E-state index in [1.807, 2.05) is 6.92 Å². The molecule has 0 saturated carbocycles. The first kappa shape index (κ1) is 16.6. The third-order valence-corrected chi connectivity index (χ3v) is 3.17. The van der Waals surface area contributed by atoms with Crippen LogP contribution in [0.25, 0.3) is 10.9 Å². The molecule has 0 aliphatic carbocycles. The summed E-state index contributed by atoms with van der Waals surface area (Å²) in [5, 5.41) is 4.87. The van der Waals surface area contributed by atoms with Crippen LogP contribution in [0.1, 0.15) is 19.8 Å². The molecule has 1 aromatic carbocycles. The quantitative estimate of drug-likeness (QED) is 0.809. The maximum absolute atomic E-state index is 13.1. The van der Waals surface area contributed by atoms with Crippen molar-refractivity contribution in [1.82, 2.24) is 20.2 Å². The summed E-state index contributed by atoms with van der Waals surface area (Å²) in [5.74, 6) is -1.13. The fraction of sp³-hybridized carbons (Fsp3) is 0.333. The Kier molecular flexibility index (Phi) is 5.40. The van der Waals surface area contributed by atoms with Gasteiger partial charge in [0.05, 0.1) is 17.2 Å². The Labute approximate surface area is 131 Å². The Morgan fingerprint density at radius 1 is 1.35 bits per heavy atom. The number of unbranched alkanes of at least 4 members (excludes halogenated alkanes) is 1. The van der Waals surface area contributed by atoms with Gasteiger partial charge in [-0.15, -0.1) is 0 Å². The molecule has 7 nitrogen and oxygen atoms in total. The van der Waals surface area contributed by atoms with E-state index in [9.17, 15) is 18.8 Å². The van der Waals surface area contributed by atoms with Crippen molar-refractivity contribution in [2.24, 2.45) is 0 Å². The van der Waals surface area contributed by atoms with Gasteiger partial charge in [-0.1, -0.05) is 13.3 Å². The Balaban J connectivity index is 2.05. The minimum absolute atomic E-state index is 0.203. The number of nitrogens with zero attached hydrogens (tertiary/aromatic N) is 2. The number of nitrogens with one attached hydrogen (secondary N) is 2. The zero-order valence-electron chi connectivity index (χ0n) is 12.6. The highest BCUT2D eigenvalue weighted by atomic mass is 19.1. The normalized spacial score (nSPS) is 10.5. The van der Waals surface area contributed by atoms with Crippen molar-refractivity contribution in [2.45, 2.75) is 26.3 Å². The van der Waals surface area contributed by atoms with Gasteiger partial charge in [0.1, 0.15) is 12.4 Å². The average molecular weight is 320 g/mol. The lowest BCUT2D eigenvalue weighted by molar-refractivity contribution is -0.120. The van der Waals surface area contributed by atoms with Crippen LogP contribution in [0.3, 0.4) is 0 Å². The van der Waals surface area contributed by atoms with E-state index < -0.39 is 23.3 Å². The van der Waals surface area contributed by atoms with E-state index in [1.165, 1.54) is 6.07 Å². The Morgan fingerprint density at radius 3 is 2.87 bits per heavy atom. The van der Waals surface area contributed by atoms with Gasteiger partial charge in [-0.2, -0.15) is 0 Å². The number of aromatic nitrogens is 2. The lowest BCUT2D eigenvalue weighted by Gasteiger charge is -2.08. The molecule has 2 N–H and O–H groups in total. The van der Waals surface area contributed by atoms with Crippen molar-refractivity contribution in [2.75, 3.05) is 6.54 Å². The lowest BCUT2D eigenvalue weighted by atomic mass is 10.2. The molecule has 2 rings (SSSR count). The zero-order valence-corrected chi connectivity index (χ0v) is 12.6. The molecule has 23 heavy (non-hydrogen) atoms. The highest BCUT2D eigenvalue weighted by molar-refractivity contribution is 5.94. The van der Waals surface area contributed by atoms with Gasteiger partial charge in [-0.05, 0) is 18.6 Å². The maximum Gasteiger partial charge on any atom is 0.321 e. The lowest BCUT2D eigenvalue weighted by Crippen LogP contribution is -2.42. The van der Waals surface area contributed by atoms with Crippen LogP contribution in [0.5, 0.6) is 0 Å². The summed E-state index contributed by atoms with van der Waals surface area (Å²) in [5.41, 5.74) is -0.263. The van der Waals surface area contributed by atoms with Crippen LogP contribution in [0, 0.1) is 5.82 Å². The molecule has 3 amide bonds. The summed E-state index contributed by atoms with van der Waals surface area (Å²) in [6, 6.07) is 3.00. The SMILES string of the molecule is CCCCNC(=O)NC(=O)Cn1cnc2cc(F)ccc2c1=O. The average Bonchev–Trinajstić information content (AvgIpc) is 2.50. The summed E-state index contributed by atoms with van der Waals surface area (Å²) >= 11 is 0. The Bertz CT molecular complexity index is 788. The van der Waals surface area contributed by atoms with Gasteiger partial charge in [0.2, 0.25) is 5.91 Å². The Morgan fingerprint density at radius 2 is 2.13 bits per heavy atom. The third kappa shape index (κ3) is 4.35. The van der Waals surface area contributed by atoms with E-state index in [0.717, 1.165) is 35.9 Å². The first-order valence-corrected chi connectivity index (χ1v) is 7.23. The highest BCUT2D eigenvalue weighted by Gasteiger charge is 2.11. The van der Waals surface area contributed by atoms with Gasteiger partial charge in [0, 0.05) is 12.6 Å². The number of amides is 3. The smallest absolute Gasteiger partial charge is 0.321 e. The molecule has 8 heteroatoms. The van der Waals surface area contributed by atoms with Crippen LogP contribution >= 0.6 is 0 Å². The van der Waals surface area contributed by atoms with Gasteiger partial charge in [-0.25, -0.2) is 14.2 Å². The molecule has 0 bridgehead atoms. The molecule has 0 unspecified atom stereocenters. The second kappa shape index (κ2) is 7.48. The number of carbonyl (C=O) groups is 2. The van der Waals surface area contributed by atoms with Gasteiger partial charge in [0.25, 0.3) is 5.56 Å². The summed E-state index contributed by atoms with van der Waals surface area (Å²) < 4.78 is 14.2. The van der Waals surface area contributed by atoms with Crippen LogP contribution in [0.4, 0.5) is 9.18 Å². The molecule has 0 aliphatic rings. The molecule has 0 saturated heterocycles. The van der Waals surface area contributed by atoms with Gasteiger partial charge in [-0.3, -0.25) is 19.5 Å². The fourth-order valence-electron chi connectivity index (χ4n) is 1.99. The molecule has 0 fully saturated rings. The first-order chi connectivity index (χ1) is 11.0. The molecule has 2 aromatic rings. The van der Waals surface area contributed by atoms with Gasteiger partial charge in [0.15, 0.2) is 0 Å². The molecule has 0 radical (unpaired) electrons. The summed E-state index contributed by atoms with van der Waals surface area (Å²) in [6.07, 6.45) is 2.89. The number of fused-ring (bicyclic) bond motifs is 1. The molecular weight excluding hydrogens is 303 g/mol. The van der Waals surface area contributed by atoms with Crippen molar-refractivity contribution in [3.63, 3.8) is 0 Å². The third-order valence-electron chi connectivity index (χ3n) is 3.17. The van der Waals surface area contributed by atoms with Crippen molar-refractivity contribution in [1.29, 1.82) is 0 Å². The number of benzene rings is 1. The highest BCUT2D eigenvalue weighted by Crippen LogP contribution is 2.08. The van der Waals surface area contributed by atoms with Crippen molar-refractivity contribution >= 4 is 22.8 Å². The number of halogens is 1. The van der Waals surface area contributed by atoms with E-state index >= 15 is 0 Å². The van der Waals surface area contributed by atoms with E-state index in [1.54, 1.807) is 0 Å². The van der Waals surface area contributed by atoms with Crippen molar-refractivity contribution in [3.8, 4) is 0 Å². The summed E-state index contributed by atoms with van der Waals surface area (Å²) in [4.78, 5) is 39.4. The predicted molar refractivity (Wildman–Crippen MR) is 82.4 cm³/mol. The summed E-state index contributed by atoms with van der Waals surface area (Å²) in [7, 11) is 0. The van der Waals surface area contributed by atoms with Crippen LogP contribution in [-0.4, -0.2) is 28.0 Å². The number of hydrogen-bond acceptors (Lipinski definition) is 4. The van der Waals surface area contributed by atoms with Crippen LogP contribution in [-0.2, 0) is 11.3 Å². The monoisotopic (exact) mass is 320 g/mol. The zero-order chi connectivity index (χ0) is 16.8. The minimum Gasteiger partial charge on any atom is -0.338 e. The van der Waals surface area contributed by atoms with Crippen LogP contribution < -0.4 is 16.2 Å². The number of carbonyl (C=O) groups excluding carboxylic acids is 2. The Hall–Kier alpha value is -2.77. The molecular formula is C15H17FN4O3. The van der Waals surface area contributed by atoms with Crippen molar-refractivity contribution < 1.29 is 14.0 Å². The summed E-state index contributed by atoms with van der Waals surface area (Å²) in [6.45, 7) is 2.11. The molecule has 1 aromatic heterocycles. The fourth-order valence-corrected chi connectivity index (χ4v) is 1.99. The van der Waals surface area contributed by atoms with Crippen LogP contribution in [0.15, 0.2) is 29.3 Å². The van der Waals surface area contributed by atoms with Gasteiger partial charge >= 0.3 is 6.03 Å². The first-order valence-electron chi connectivity index (χ1n) is 7.23. The predicted octanol–water partition coefficient (Wildman–Crippen LogP) is 1.16. The number of urea groups is 1. The van der Waals surface area contributed by atoms with E-state index in [0.29, 0.717) is 6.54 Å². The second-order valence-corrected chi connectivity index (χ2v) is 5.00. The standard InChI is InChI=1S/C15H17FN4O3/c1-2-3-6-17-15(23)19-13(21)8-20-9-18-12-7-10(16)4-5-11(12)14(20)22/h4-5,7,9H,2-3,6,8H2,1H3,(H2,17,19,21,23). The number of hydrogen-bond donors (Lipinski definition) is 2. The van der Waals surface area contributed by atoms with E-state index in [2.05, 4.69) is 15.6 Å². The molecule has 0 atom stereocenters. The molecule has 122 valence electrons. The largest absolute Gasteiger partial charge is 0.338 e. The molecule has 0 aliphatic heterocycles. The molecule has 1 heterocycles. The molecule has 0 spiro atoms. The maximum atomic E-state index is 13.1. The van der Waals surface area contributed by atoms with Crippen LogP contribution in [0.2, 0.25) is 0 Å². The minimum atomic E-state index is -0.635.